The standard InChI is InChI=1S/C14H22ClNO2/c1-4-6-16-10-11-8-12(15)14(18-7-5-2)13(9-11)17-3/h8-9,16H,4-7,10H2,1-3H3. The predicted octanol–water partition coefficient (Wildman–Crippen LogP) is 3.64. The number of halogens is 1. The summed E-state index contributed by atoms with van der Waals surface area (Å²) in [5.74, 6) is 1.34. The highest BCUT2D eigenvalue weighted by Gasteiger charge is 2.11. The Balaban J connectivity index is 2.81. The Morgan fingerprint density at radius 2 is 2.00 bits per heavy atom. The lowest BCUT2D eigenvalue weighted by molar-refractivity contribution is 0.294. The molecule has 0 atom stereocenters. The van der Waals surface area contributed by atoms with E-state index in [1.54, 1.807) is 7.11 Å². The lowest BCUT2D eigenvalue weighted by atomic mass is 10.2. The smallest absolute Gasteiger partial charge is 0.179 e. The average Bonchev–Trinajstić information content (AvgIpc) is 2.37. The molecule has 1 aromatic carbocycles. The van der Waals surface area contributed by atoms with Crippen LogP contribution in [-0.4, -0.2) is 20.3 Å². The van der Waals surface area contributed by atoms with Crippen molar-refractivity contribution < 1.29 is 9.47 Å². The van der Waals surface area contributed by atoms with Crippen molar-refractivity contribution >= 4 is 11.6 Å². The molecule has 1 rings (SSSR count). The molecule has 0 amide bonds. The van der Waals surface area contributed by atoms with E-state index in [-0.39, 0.29) is 0 Å². The molecule has 0 spiro atoms. The van der Waals surface area contributed by atoms with E-state index in [9.17, 15) is 0 Å². The van der Waals surface area contributed by atoms with Crippen molar-refractivity contribution in [3.05, 3.63) is 22.7 Å². The molecule has 102 valence electrons. The van der Waals surface area contributed by atoms with Crippen LogP contribution >= 0.6 is 11.6 Å². The fraction of sp³-hybridized carbons (Fsp3) is 0.571. The van der Waals surface area contributed by atoms with E-state index < -0.39 is 0 Å². The summed E-state index contributed by atoms with van der Waals surface area (Å²) >= 11 is 6.23. The Hall–Kier alpha value is -0.930. The molecule has 3 nitrogen and oxygen atoms in total. The fourth-order valence-corrected chi connectivity index (χ4v) is 1.92. The van der Waals surface area contributed by atoms with Gasteiger partial charge in [0.25, 0.3) is 0 Å². The maximum absolute atomic E-state index is 6.23. The summed E-state index contributed by atoms with van der Waals surface area (Å²) in [7, 11) is 1.63. The third kappa shape index (κ3) is 4.39. The number of ether oxygens (including phenoxy) is 2. The van der Waals surface area contributed by atoms with Gasteiger partial charge in [-0.2, -0.15) is 0 Å². The maximum atomic E-state index is 6.23. The van der Waals surface area contributed by atoms with Crippen LogP contribution in [-0.2, 0) is 6.54 Å². The summed E-state index contributed by atoms with van der Waals surface area (Å²) in [5, 5.41) is 3.95. The molecule has 0 unspecified atom stereocenters. The molecule has 0 aliphatic carbocycles. The lowest BCUT2D eigenvalue weighted by Gasteiger charge is -2.14. The number of benzene rings is 1. The van der Waals surface area contributed by atoms with Crippen LogP contribution in [0.15, 0.2) is 12.1 Å². The Morgan fingerprint density at radius 3 is 2.61 bits per heavy atom. The van der Waals surface area contributed by atoms with Gasteiger partial charge >= 0.3 is 0 Å². The van der Waals surface area contributed by atoms with Gasteiger partial charge in [0, 0.05) is 6.54 Å². The van der Waals surface area contributed by atoms with Crippen LogP contribution in [0.5, 0.6) is 11.5 Å². The van der Waals surface area contributed by atoms with Gasteiger partial charge in [-0.15, -0.1) is 0 Å². The highest BCUT2D eigenvalue weighted by atomic mass is 35.5. The van der Waals surface area contributed by atoms with E-state index >= 15 is 0 Å². The van der Waals surface area contributed by atoms with Crippen LogP contribution in [0.2, 0.25) is 5.02 Å². The SMILES string of the molecule is CCCNCc1cc(Cl)c(OCCC)c(OC)c1. The zero-order valence-electron chi connectivity index (χ0n) is 11.4. The minimum absolute atomic E-state index is 0.607. The number of hydrogen-bond donors (Lipinski definition) is 1. The highest BCUT2D eigenvalue weighted by molar-refractivity contribution is 6.32. The second kappa shape index (κ2) is 8.22. The van der Waals surface area contributed by atoms with Gasteiger partial charge in [0.2, 0.25) is 0 Å². The number of rotatable bonds is 8. The van der Waals surface area contributed by atoms with Gasteiger partial charge in [0.15, 0.2) is 11.5 Å². The Bertz CT molecular complexity index is 369. The lowest BCUT2D eigenvalue weighted by Crippen LogP contribution is -2.14. The van der Waals surface area contributed by atoms with Gasteiger partial charge in [-0.25, -0.2) is 0 Å². The van der Waals surface area contributed by atoms with Gasteiger partial charge in [0.1, 0.15) is 0 Å². The van der Waals surface area contributed by atoms with Gasteiger partial charge in [-0.3, -0.25) is 0 Å². The molecule has 0 fully saturated rings. The van der Waals surface area contributed by atoms with Gasteiger partial charge < -0.3 is 14.8 Å². The van der Waals surface area contributed by atoms with Crippen molar-refractivity contribution in [2.45, 2.75) is 33.2 Å². The molecule has 0 saturated carbocycles. The molecule has 0 aromatic heterocycles. The van der Waals surface area contributed by atoms with Crippen molar-refractivity contribution in [2.24, 2.45) is 0 Å². The van der Waals surface area contributed by atoms with Crippen LogP contribution in [0.4, 0.5) is 0 Å². The van der Waals surface area contributed by atoms with Crippen LogP contribution in [0.3, 0.4) is 0 Å². The van der Waals surface area contributed by atoms with E-state index in [0.717, 1.165) is 31.5 Å². The topological polar surface area (TPSA) is 30.5 Å². The van der Waals surface area contributed by atoms with Crippen molar-refractivity contribution in [3.8, 4) is 11.5 Å². The van der Waals surface area contributed by atoms with E-state index in [1.807, 2.05) is 12.1 Å². The third-order valence-corrected chi connectivity index (χ3v) is 2.78. The molecule has 0 heterocycles. The molecule has 0 radical (unpaired) electrons. The second-order valence-electron chi connectivity index (χ2n) is 4.13. The summed E-state index contributed by atoms with van der Waals surface area (Å²) in [6, 6.07) is 3.90. The van der Waals surface area contributed by atoms with Crippen molar-refractivity contribution in [1.82, 2.24) is 5.32 Å². The number of methoxy groups -OCH3 is 1. The number of hydrogen-bond acceptors (Lipinski definition) is 3. The Labute approximate surface area is 114 Å². The molecule has 0 aliphatic rings. The van der Waals surface area contributed by atoms with Crippen molar-refractivity contribution in [3.63, 3.8) is 0 Å². The van der Waals surface area contributed by atoms with Crippen LogP contribution in [0.25, 0.3) is 0 Å². The molecule has 4 heteroatoms. The third-order valence-electron chi connectivity index (χ3n) is 2.50. The Kier molecular flexibility index (Phi) is 6.91. The minimum atomic E-state index is 0.607. The molecular weight excluding hydrogens is 250 g/mol. The largest absolute Gasteiger partial charge is 0.493 e. The summed E-state index contributed by atoms with van der Waals surface area (Å²) in [5.41, 5.74) is 1.11. The molecule has 0 bridgehead atoms. The minimum Gasteiger partial charge on any atom is -0.493 e. The maximum Gasteiger partial charge on any atom is 0.179 e. The quantitative estimate of drug-likeness (QED) is 0.733. The van der Waals surface area contributed by atoms with E-state index in [4.69, 9.17) is 21.1 Å². The van der Waals surface area contributed by atoms with E-state index in [2.05, 4.69) is 19.2 Å². The van der Waals surface area contributed by atoms with Gasteiger partial charge in [0.05, 0.1) is 18.7 Å². The summed E-state index contributed by atoms with van der Waals surface area (Å²) in [6.07, 6.45) is 2.06. The zero-order chi connectivity index (χ0) is 13.4. The summed E-state index contributed by atoms with van der Waals surface area (Å²) in [6.45, 7) is 6.63. The van der Waals surface area contributed by atoms with Crippen LogP contribution < -0.4 is 14.8 Å². The zero-order valence-corrected chi connectivity index (χ0v) is 12.1. The monoisotopic (exact) mass is 271 g/mol. The first-order valence-electron chi connectivity index (χ1n) is 6.42. The second-order valence-corrected chi connectivity index (χ2v) is 4.54. The molecule has 1 N–H and O–H groups in total. The molecule has 0 saturated heterocycles. The predicted molar refractivity (Wildman–Crippen MR) is 75.8 cm³/mol. The first-order chi connectivity index (χ1) is 8.72. The van der Waals surface area contributed by atoms with E-state index in [1.165, 1.54) is 0 Å². The van der Waals surface area contributed by atoms with E-state index in [0.29, 0.717) is 23.1 Å². The number of nitrogens with one attached hydrogen (secondary N) is 1. The Morgan fingerprint density at radius 1 is 1.22 bits per heavy atom. The summed E-state index contributed by atoms with van der Waals surface area (Å²) < 4.78 is 10.9. The van der Waals surface area contributed by atoms with Crippen LogP contribution in [0, 0.1) is 0 Å². The van der Waals surface area contributed by atoms with Crippen LogP contribution in [0.1, 0.15) is 32.3 Å². The van der Waals surface area contributed by atoms with Gasteiger partial charge in [-0.1, -0.05) is 25.4 Å². The first-order valence-corrected chi connectivity index (χ1v) is 6.80. The average molecular weight is 272 g/mol. The normalized spacial score (nSPS) is 10.4. The molecule has 1 aromatic rings. The van der Waals surface area contributed by atoms with Crippen molar-refractivity contribution in [1.29, 1.82) is 0 Å². The van der Waals surface area contributed by atoms with Gasteiger partial charge in [-0.05, 0) is 37.1 Å². The summed E-state index contributed by atoms with van der Waals surface area (Å²) in [4.78, 5) is 0. The molecular formula is C14H22ClNO2. The molecule has 0 aliphatic heterocycles. The first kappa shape index (κ1) is 15.1. The highest BCUT2D eigenvalue weighted by Crippen LogP contribution is 2.36. The fourth-order valence-electron chi connectivity index (χ4n) is 1.63. The molecule has 18 heavy (non-hydrogen) atoms. The van der Waals surface area contributed by atoms with Crippen molar-refractivity contribution in [2.75, 3.05) is 20.3 Å².